The summed E-state index contributed by atoms with van der Waals surface area (Å²) in [5.74, 6) is -1.51. The van der Waals surface area contributed by atoms with E-state index in [1.807, 2.05) is 6.92 Å². The predicted octanol–water partition coefficient (Wildman–Crippen LogP) is 2.47. The van der Waals surface area contributed by atoms with Gasteiger partial charge in [0.05, 0.1) is 4.88 Å². The highest BCUT2D eigenvalue weighted by Gasteiger charge is 2.19. The molecule has 1 unspecified atom stereocenters. The fraction of sp³-hybridized carbons (Fsp3) is 0.500. The number of amides is 1. The number of hydrogen-bond acceptors (Lipinski definition) is 4. The molecule has 0 aliphatic carbocycles. The van der Waals surface area contributed by atoms with Crippen LogP contribution in [0.5, 0.6) is 0 Å². The molecule has 1 heterocycles. The van der Waals surface area contributed by atoms with E-state index in [-0.39, 0.29) is 18.6 Å². The standard InChI is InChI=1S/C14H19NO4S/c1-2-3-5-10(14(18)19)15-13(17)8-7-11(16)12-6-4-9-20-12/h4,6,9-10H,2-3,5,7-8H2,1H3,(H,15,17)(H,18,19). The smallest absolute Gasteiger partial charge is 0.326 e. The lowest BCUT2D eigenvalue weighted by Crippen LogP contribution is -2.40. The molecule has 6 heteroatoms. The maximum atomic E-state index is 11.7. The molecule has 1 aromatic rings. The molecule has 1 atom stereocenters. The number of carboxylic acid groups (broad SMARTS) is 1. The van der Waals surface area contributed by atoms with Crippen LogP contribution in [0.25, 0.3) is 0 Å². The van der Waals surface area contributed by atoms with Crippen LogP contribution in [-0.4, -0.2) is 28.8 Å². The molecule has 0 saturated heterocycles. The van der Waals surface area contributed by atoms with Crippen molar-refractivity contribution in [2.75, 3.05) is 0 Å². The second-order valence-corrected chi connectivity index (χ2v) is 5.45. The third kappa shape index (κ3) is 5.52. The van der Waals surface area contributed by atoms with E-state index in [0.717, 1.165) is 12.8 Å². The van der Waals surface area contributed by atoms with E-state index in [4.69, 9.17) is 5.11 Å². The van der Waals surface area contributed by atoms with Gasteiger partial charge in [0, 0.05) is 12.8 Å². The Labute approximate surface area is 122 Å². The zero-order valence-corrected chi connectivity index (χ0v) is 12.2. The van der Waals surface area contributed by atoms with Crippen LogP contribution in [0.3, 0.4) is 0 Å². The van der Waals surface area contributed by atoms with E-state index in [1.165, 1.54) is 11.3 Å². The van der Waals surface area contributed by atoms with Gasteiger partial charge >= 0.3 is 5.97 Å². The molecule has 2 N–H and O–H groups in total. The van der Waals surface area contributed by atoms with Gasteiger partial charge in [-0.25, -0.2) is 4.79 Å². The van der Waals surface area contributed by atoms with Crippen LogP contribution in [0.1, 0.15) is 48.7 Å². The first kappa shape index (κ1) is 16.4. The summed E-state index contributed by atoms with van der Waals surface area (Å²) in [5, 5.41) is 13.3. The second kappa shape index (κ2) is 8.47. The molecule has 0 aromatic carbocycles. The average Bonchev–Trinajstić information content (AvgIpc) is 2.94. The molecule has 1 aromatic heterocycles. The monoisotopic (exact) mass is 297 g/mol. The summed E-state index contributed by atoms with van der Waals surface area (Å²) in [5.41, 5.74) is 0. The fourth-order valence-electron chi connectivity index (χ4n) is 1.72. The number of carboxylic acids is 1. The number of hydrogen-bond donors (Lipinski definition) is 2. The van der Waals surface area contributed by atoms with Crippen LogP contribution < -0.4 is 5.32 Å². The van der Waals surface area contributed by atoms with Crippen LogP contribution in [0, 0.1) is 0 Å². The van der Waals surface area contributed by atoms with Crippen LogP contribution in [0.4, 0.5) is 0 Å². The van der Waals surface area contributed by atoms with Crippen molar-refractivity contribution >= 4 is 29.0 Å². The van der Waals surface area contributed by atoms with Gasteiger partial charge in [-0.05, 0) is 17.9 Å². The summed E-state index contributed by atoms with van der Waals surface area (Å²) in [7, 11) is 0. The lowest BCUT2D eigenvalue weighted by Gasteiger charge is -2.13. The van der Waals surface area contributed by atoms with E-state index >= 15 is 0 Å². The Kier molecular flexibility index (Phi) is 6.93. The molecular formula is C14H19NO4S. The van der Waals surface area contributed by atoms with Crippen molar-refractivity contribution < 1.29 is 19.5 Å². The van der Waals surface area contributed by atoms with Gasteiger partial charge in [-0.15, -0.1) is 11.3 Å². The van der Waals surface area contributed by atoms with Crippen molar-refractivity contribution in [1.29, 1.82) is 0 Å². The number of carbonyl (C=O) groups excluding carboxylic acids is 2. The first-order valence-electron chi connectivity index (χ1n) is 6.63. The molecule has 20 heavy (non-hydrogen) atoms. The molecular weight excluding hydrogens is 278 g/mol. The minimum atomic E-state index is -1.03. The largest absolute Gasteiger partial charge is 0.480 e. The SMILES string of the molecule is CCCCC(NC(=O)CCC(=O)c1cccs1)C(=O)O. The van der Waals surface area contributed by atoms with Crippen molar-refractivity contribution in [3.63, 3.8) is 0 Å². The van der Waals surface area contributed by atoms with E-state index in [9.17, 15) is 14.4 Å². The van der Waals surface area contributed by atoms with Gasteiger partial charge in [-0.3, -0.25) is 9.59 Å². The van der Waals surface area contributed by atoms with Crippen molar-refractivity contribution in [2.24, 2.45) is 0 Å². The minimum absolute atomic E-state index is 0.0205. The van der Waals surface area contributed by atoms with Crippen LogP contribution in [0.15, 0.2) is 17.5 Å². The first-order valence-corrected chi connectivity index (χ1v) is 7.51. The maximum Gasteiger partial charge on any atom is 0.326 e. The summed E-state index contributed by atoms with van der Waals surface area (Å²) >= 11 is 1.34. The van der Waals surface area contributed by atoms with Gasteiger partial charge in [0.15, 0.2) is 5.78 Å². The molecule has 0 bridgehead atoms. The topological polar surface area (TPSA) is 83.5 Å². The van der Waals surface area contributed by atoms with E-state index in [1.54, 1.807) is 17.5 Å². The Morgan fingerprint density at radius 3 is 2.65 bits per heavy atom. The number of nitrogens with one attached hydrogen (secondary N) is 1. The molecule has 0 aliphatic heterocycles. The van der Waals surface area contributed by atoms with Crippen molar-refractivity contribution in [2.45, 2.75) is 45.1 Å². The van der Waals surface area contributed by atoms with Gasteiger partial charge in [-0.1, -0.05) is 25.8 Å². The summed E-state index contributed by atoms with van der Waals surface area (Å²) in [6.07, 6.45) is 2.15. The summed E-state index contributed by atoms with van der Waals surface area (Å²) < 4.78 is 0. The maximum absolute atomic E-state index is 11.7. The number of carbonyl (C=O) groups is 3. The highest BCUT2D eigenvalue weighted by molar-refractivity contribution is 7.12. The Morgan fingerprint density at radius 1 is 1.35 bits per heavy atom. The fourth-order valence-corrected chi connectivity index (χ4v) is 2.41. The van der Waals surface area contributed by atoms with E-state index < -0.39 is 17.9 Å². The lowest BCUT2D eigenvalue weighted by atomic mass is 10.1. The third-order valence-electron chi connectivity index (χ3n) is 2.85. The molecule has 1 amide bonds. The average molecular weight is 297 g/mol. The molecule has 0 fully saturated rings. The predicted molar refractivity (Wildman–Crippen MR) is 77.0 cm³/mol. The Hall–Kier alpha value is -1.69. The number of thiophene rings is 1. The van der Waals surface area contributed by atoms with Crippen molar-refractivity contribution in [1.82, 2.24) is 5.32 Å². The second-order valence-electron chi connectivity index (χ2n) is 4.50. The van der Waals surface area contributed by atoms with Crippen LogP contribution >= 0.6 is 11.3 Å². The third-order valence-corrected chi connectivity index (χ3v) is 3.77. The van der Waals surface area contributed by atoms with Crippen molar-refractivity contribution in [3.8, 4) is 0 Å². The number of Topliss-reactive ketones (excluding diaryl/α,β-unsaturated/α-hetero) is 1. The van der Waals surface area contributed by atoms with Crippen LogP contribution in [0.2, 0.25) is 0 Å². The van der Waals surface area contributed by atoms with Gasteiger partial charge in [0.1, 0.15) is 6.04 Å². The summed E-state index contributed by atoms with van der Waals surface area (Å²) in [4.78, 5) is 35.0. The molecule has 1 rings (SSSR count). The number of rotatable bonds is 9. The lowest BCUT2D eigenvalue weighted by molar-refractivity contribution is -0.142. The highest BCUT2D eigenvalue weighted by atomic mass is 32.1. The van der Waals surface area contributed by atoms with Crippen molar-refractivity contribution in [3.05, 3.63) is 22.4 Å². The number of unbranched alkanes of at least 4 members (excludes halogenated alkanes) is 1. The number of aliphatic carboxylic acids is 1. The molecule has 0 spiro atoms. The van der Waals surface area contributed by atoms with E-state index in [2.05, 4.69) is 5.32 Å². The molecule has 0 saturated carbocycles. The molecule has 0 radical (unpaired) electrons. The van der Waals surface area contributed by atoms with Gasteiger partial charge in [0.25, 0.3) is 0 Å². The van der Waals surface area contributed by atoms with Gasteiger partial charge < -0.3 is 10.4 Å². The molecule has 0 aliphatic rings. The Balaban J connectivity index is 2.38. The zero-order valence-electron chi connectivity index (χ0n) is 11.4. The normalized spacial score (nSPS) is 11.8. The Bertz CT molecular complexity index is 456. The number of ketones is 1. The van der Waals surface area contributed by atoms with Gasteiger partial charge in [-0.2, -0.15) is 0 Å². The van der Waals surface area contributed by atoms with E-state index in [0.29, 0.717) is 11.3 Å². The summed E-state index contributed by atoms with van der Waals surface area (Å²) in [6, 6.07) is 2.63. The Morgan fingerprint density at radius 2 is 2.10 bits per heavy atom. The van der Waals surface area contributed by atoms with Gasteiger partial charge in [0.2, 0.25) is 5.91 Å². The highest BCUT2D eigenvalue weighted by Crippen LogP contribution is 2.12. The molecule has 5 nitrogen and oxygen atoms in total. The first-order chi connectivity index (χ1) is 9.54. The summed E-state index contributed by atoms with van der Waals surface area (Å²) in [6.45, 7) is 1.96. The quantitative estimate of drug-likeness (QED) is 0.686. The minimum Gasteiger partial charge on any atom is -0.480 e. The molecule has 110 valence electrons. The zero-order chi connectivity index (χ0) is 15.0. The van der Waals surface area contributed by atoms with Crippen LogP contribution in [-0.2, 0) is 9.59 Å².